The number of hydrogen-bond donors (Lipinski definition) is 0. The summed E-state index contributed by atoms with van der Waals surface area (Å²) in [6, 6.07) is 2.46. The molecule has 1 heteroatoms. The van der Waals surface area contributed by atoms with Crippen molar-refractivity contribution in [2.45, 2.75) is 71.1 Å². The highest BCUT2D eigenvalue weighted by Gasteiger charge is 2.52. The van der Waals surface area contributed by atoms with Crippen LogP contribution in [0.3, 0.4) is 0 Å². The molecule has 0 N–H and O–H groups in total. The van der Waals surface area contributed by atoms with E-state index in [-0.39, 0.29) is 0 Å². The van der Waals surface area contributed by atoms with Crippen LogP contribution in [0.15, 0.2) is 22.8 Å². The maximum absolute atomic E-state index is 9.15. The van der Waals surface area contributed by atoms with Gasteiger partial charge in [0.1, 0.15) is 0 Å². The molecule has 4 atom stereocenters. The van der Waals surface area contributed by atoms with Gasteiger partial charge in [-0.3, -0.25) is 0 Å². The first-order valence-corrected chi connectivity index (χ1v) is 9.02. The number of hydrogen-bond acceptors (Lipinski definition) is 1. The molecule has 4 aliphatic rings. The highest BCUT2D eigenvalue weighted by Crippen LogP contribution is 2.61. The van der Waals surface area contributed by atoms with Gasteiger partial charge in [-0.05, 0) is 92.1 Å². The Morgan fingerprint density at radius 1 is 1.19 bits per heavy atom. The van der Waals surface area contributed by atoms with Gasteiger partial charge in [0, 0.05) is 6.42 Å². The summed E-state index contributed by atoms with van der Waals surface area (Å²) >= 11 is 0. The van der Waals surface area contributed by atoms with Gasteiger partial charge in [0.2, 0.25) is 0 Å². The summed E-state index contributed by atoms with van der Waals surface area (Å²) in [6.45, 7) is 2.49. The van der Waals surface area contributed by atoms with Crippen molar-refractivity contribution in [1.82, 2.24) is 0 Å². The minimum absolute atomic E-state index is 0.413. The average Bonchev–Trinajstić information content (AvgIpc) is 2.84. The van der Waals surface area contributed by atoms with E-state index < -0.39 is 0 Å². The number of fused-ring (bicyclic) bond motifs is 4. The predicted molar refractivity (Wildman–Crippen MR) is 85.5 cm³/mol. The number of nitriles is 1. The van der Waals surface area contributed by atoms with Gasteiger partial charge in [0.15, 0.2) is 0 Å². The minimum Gasteiger partial charge on any atom is -0.198 e. The smallest absolute Gasteiger partial charge is 0.0624 e. The Morgan fingerprint density at radius 3 is 2.90 bits per heavy atom. The van der Waals surface area contributed by atoms with Gasteiger partial charge >= 0.3 is 0 Å². The maximum atomic E-state index is 9.15. The Hall–Kier alpha value is -1.03. The van der Waals surface area contributed by atoms with Crippen molar-refractivity contribution in [2.24, 2.45) is 23.2 Å². The molecule has 4 aliphatic carbocycles. The average molecular weight is 281 g/mol. The summed E-state index contributed by atoms with van der Waals surface area (Å²) < 4.78 is 0. The van der Waals surface area contributed by atoms with Crippen LogP contribution in [0.25, 0.3) is 0 Å². The molecule has 0 aromatic rings. The fourth-order valence-corrected chi connectivity index (χ4v) is 6.09. The highest BCUT2D eigenvalue weighted by molar-refractivity contribution is 5.43. The van der Waals surface area contributed by atoms with Crippen LogP contribution in [0.2, 0.25) is 0 Å². The summed E-state index contributed by atoms with van der Waals surface area (Å²) in [7, 11) is 0. The molecule has 112 valence electrons. The molecule has 0 aromatic carbocycles. The Morgan fingerprint density at radius 2 is 2.05 bits per heavy atom. The Kier molecular flexibility index (Phi) is 3.25. The standard InChI is InChI=1S/C20H27N/c1-20-12-10-17-16-5-3-2-4-14(16)6-8-18(17)19(20)9-7-15(20)11-13-21/h10,15,18-19H,2-9,11-12H2,1H3/t15-,18-,19+,20-/m1/s1. The summed E-state index contributed by atoms with van der Waals surface area (Å²) in [6.07, 6.45) is 15.6. The Balaban J connectivity index is 1.69. The Bertz CT molecular complexity index is 547. The molecule has 1 nitrogen and oxygen atoms in total. The van der Waals surface area contributed by atoms with E-state index in [0.717, 1.165) is 18.3 Å². The van der Waals surface area contributed by atoms with E-state index in [0.29, 0.717) is 11.3 Å². The second-order valence-electron chi connectivity index (χ2n) is 8.05. The largest absolute Gasteiger partial charge is 0.198 e. The lowest BCUT2D eigenvalue weighted by atomic mass is 9.57. The van der Waals surface area contributed by atoms with E-state index in [2.05, 4.69) is 19.1 Å². The van der Waals surface area contributed by atoms with Crippen LogP contribution in [0, 0.1) is 34.5 Å². The summed E-state index contributed by atoms with van der Waals surface area (Å²) in [4.78, 5) is 0. The topological polar surface area (TPSA) is 23.8 Å². The molecule has 0 aromatic heterocycles. The highest BCUT2D eigenvalue weighted by atomic mass is 14.6. The molecule has 0 amide bonds. The predicted octanol–water partition coefficient (Wildman–Crippen LogP) is 5.54. The van der Waals surface area contributed by atoms with Crippen LogP contribution < -0.4 is 0 Å². The molecular weight excluding hydrogens is 254 g/mol. The first-order chi connectivity index (χ1) is 10.2. The minimum atomic E-state index is 0.413. The lowest BCUT2D eigenvalue weighted by Gasteiger charge is -2.47. The number of nitrogens with zero attached hydrogens (tertiary/aromatic N) is 1. The SMILES string of the molecule is C[C@]12CC=C3C4=C(CCCC4)CC[C@H]3[C@@H]1CC[C@@H]2CC#N. The molecule has 0 unspecified atom stereocenters. The molecular formula is C20H27N. The lowest BCUT2D eigenvalue weighted by Crippen LogP contribution is -2.38. The molecule has 1 fully saturated rings. The number of rotatable bonds is 1. The van der Waals surface area contributed by atoms with Crippen LogP contribution >= 0.6 is 0 Å². The van der Waals surface area contributed by atoms with Crippen molar-refractivity contribution in [3.63, 3.8) is 0 Å². The monoisotopic (exact) mass is 281 g/mol. The van der Waals surface area contributed by atoms with Crippen LogP contribution in [0.1, 0.15) is 71.1 Å². The zero-order valence-electron chi connectivity index (χ0n) is 13.3. The molecule has 1 saturated carbocycles. The van der Waals surface area contributed by atoms with Crippen molar-refractivity contribution < 1.29 is 0 Å². The van der Waals surface area contributed by atoms with Crippen molar-refractivity contribution in [1.29, 1.82) is 5.26 Å². The van der Waals surface area contributed by atoms with Crippen LogP contribution in [0.5, 0.6) is 0 Å². The molecule has 0 heterocycles. The van der Waals surface area contributed by atoms with Gasteiger partial charge < -0.3 is 0 Å². The van der Waals surface area contributed by atoms with Gasteiger partial charge in [-0.25, -0.2) is 0 Å². The quantitative estimate of drug-likeness (QED) is 0.618. The van der Waals surface area contributed by atoms with Crippen molar-refractivity contribution in [2.75, 3.05) is 0 Å². The van der Waals surface area contributed by atoms with Gasteiger partial charge in [-0.1, -0.05) is 18.6 Å². The number of allylic oxidation sites excluding steroid dienone is 4. The van der Waals surface area contributed by atoms with Crippen molar-refractivity contribution in [3.05, 3.63) is 22.8 Å². The fraction of sp³-hybridized carbons (Fsp3) is 0.750. The van der Waals surface area contributed by atoms with Crippen molar-refractivity contribution >= 4 is 0 Å². The van der Waals surface area contributed by atoms with E-state index in [1.807, 2.05) is 0 Å². The van der Waals surface area contributed by atoms with E-state index in [1.54, 1.807) is 16.7 Å². The van der Waals surface area contributed by atoms with Crippen LogP contribution in [-0.4, -0.2) is 0 Å². The van der Waals surface area contributed by atoms with E-state index >= 15 is 0 Å². The first kappa shape index (κ1) is 13.6. The fourth-order valence-electron chi connectivity index (χ4n) is 6.09. The second kappa shape index (κ2) is 5.01. The third kappa shape index (κ3) is 1.95. The van der Waals surface area contributed by atoms with E-state index in [1.165, 1.54) is 57.8 Å². The van der Waals surface area contributed by atoms with E-state index in [4.69, 9.17) is 5.26 Å². The van der Waals surface area contributed by atoms with Crippen LogP contribution in [-0.2, 0) is 0 Å². The van der Waals surface area contributed by atoms with Crippen molar-refractivity contribution in [3.8, 4) is 6.07 Å². The first-order valence-electron chi connectivity index (χ1n) is 9.02. The van der Waals surface area contributed by atoms with Gasteiger partial charge in [-0.15, -0.1) is 0 Å². The molecule has 0 radical (unpaired) electrons. The molecule has 0 aliphatic heterocycles. The molecule has 0 spiro atoms. The zero-order chi connectivity index (χ0) is 14.4. The molecule has 0 bridgehead atoms. The lowest BCUT2D eigenvalue weighted by molar-refractivity contribution is 0.107. The summed E-state index contributed by atoms with van der Waals surface area (Å²) in [5.74, 6) is 2.32. The van der Waals surface area contributed by atoms with Gasteiger partial charge in [-0.2, -0.15) is 5.26 Å². The molecule has 4 rings (SSSR count). The van der Waals surface area contributed by atoms with Gasteiger partial charge in [0.25, 0.3) is 0 Å². The second-order valence-corrected chi connectivity index (χ2v) is 8.05. The van der Waals surface area contributed by atoms with Gasteiger partial charge in [0.05, 0.1) is 6.07 Å². The zero-order valence-corrected chi connectivity index (χ0v) is 13.3. The maximum Gasteiger partial charge on any atom is 0.0624 e. The summed E-state index contributed by atoms with van der Waals surface area (Å²) in [5.41, 5.74) is 5.76. The summed E-state index contributed by atoms with van der Waals surface area (Å²) in [5, 5.41) is 9.15. The molecule has 0 saturated heterocycles. The third-order valence-corrected chi connectivity index (χ3v) is 7.28. The van der Waals surface area contributed by atoms with Crippen LogP contribution in [0.4, 0.5) is 0 Å². The Labute approximate surface area is 129 Å². The third-order valence-electron chi connectivity index (χ3n) is 7.28. The van der Waals surface area contributed by atoms with E-state index in [9.17, 15) is 0 Å². The normalized spacial score (nSPS) is 41.7. The molecule has 21 heavy (non-hydrogen) atoms.